The Morgan fingerprint density at radius 3 is 0.925 bits per heavy atom. The summed E-state index contributed by atoms with van der Waals surface area (Å²) in [5.41, 5.74) is 5.35. The van der Waals surface area contributed by atoms with Gasteiger partial charge in [0.05, 0.1) is 45.8 Å². The molecule has 0 atom stereocenters. The van der Waals surface area contributed by atoms with E-state index in [9.17, 15) is 85.3 Å². The summed E-state index contributed by atoms with van der Waals surface area (Å²) in [6.07, 6.45) is 2.80. The van der Waals surface area contributed by atoms with Gasteiger partial charge in [-0.2, -0.15) is 15.2 Å². The van der Waals surface area contributed by atoms with E-state index in [1.807, 2.05) is 20.8 Å². The lowest BCUT2D eigenvalue weighted by Crippen LogP contribution is -2.21. The van der Waals surface area contributed by atoms with Gasteiger partial charge in [0.2, 0.25) is 0 Å². The Kier molecular flexibility index (Phi) is 22.6. The number of hydrogen-bond acceptors (Lipinski definition) is 20. The summed E-state index contributed by atoms with van der Waals surface area (Å²) in [5, 5.41) is 156. The maximum atomic E-state index is 13.7. The molecule has 0 saturated carbocycles. The Balaban J connectivity index is 0.000000205. The monoisotopic (exact) mass is 1490 g/mol. The van der Waals surface area contributed by atoms with Crippen LogP contribution in [0.4, 0.5) is 11.4 Å². The number of phenolic OH excluding ortho intramolecular Hbond substituents is 12. The topological polar surface area (TPSA) is 397 Å². The first-order valence-electron chi connectivity index (χ1n) is 33.7. The maximum absolute atomic E-state index is 13.7. The Hall–Kier alpha value is -12.1. The van der Waals surface area contributed by atoms with Crippen LogP contribution in [0.25, 0.3) is 71.4 Å². The predicted molar refractivity (Wildman–Crippen MR) is 415 cm³/mol. The lowest BCUT2D eigenvalue weighted by molar-refractivity contribution is -0.134. The van der Waals surface area contributed by atoms with Crippen molar-refractivity contribution in [3.8, 4) is 91.2 Å². The van der Waals surface area contributed by atoms with E-state index < -0.39 is 75.1 Å². The maximum Gasteiger partial charge on any atom is 0.300 e. The summed E-state index contributed by atoms with van der Waals surface area (Å²) in [4.78, 5) is 70.5. The van der Waals surface area contributed by atoms with Gasteiger partial charge in [-0.05, 0) is 164 Å². The average molecular weight is 1500 g/mol. The van der Waals surface area contributed by atoms with Crippen molar-refractivity contribution in [2.75, 3.05) is 10.0 Å². The Morgan fingerprint density at radius 1 is 0.411 bits per heavy atom. The van der Waals surface area contributed by atoms with Crippen LogP contribution in [0.15, 0.2) is 88.6 Å². The second kappa shape index (κ2) is 30.6. The number of amides is 2. The number of carbonyl (C=O) groups is 6. The van der Waals surface area contributed by atoms with Crippen molar-refractivity contribution in [1.82, 2.24) is 0 Å². The van der Waals surface area contributed by atoms with Crippen LogP contribution in [0.1, 0.15) is 187 Å². The molecule has 2 aliphatic rings. The van der Waals surface area contributed by atoms with E-state index in [0.29, 0.717) is 113 Å². The molecule has 0 aromatic heterocycles. The van der Waals surface area contributed by atoms with E-state index in [-0.39, 0.29) is 107 Å². The minimum absolute atomic E-state index is 0.00447. The summed E-state index contributed by atoms with van der Waals surface area (Å²) in [6.45, 7) is 25.7. The van der Waals surface area contributed by atoms with Gasteiger partial charge in [-0.25, -0.2) is 5.01 Å². The van der Waals surface area contributed by atoms with Gasteiger partial charge >= 0.3 is 0 Å². The number of aryl methyl sites for hydroxylation is 4. The molecule has 0 saturated heterocycles. The SMILES string of the molecule is CC(=O)O.CC1=NN(c2ccc(Cl)cc2)C(=O)/C1=C\c1c(O)c(O)c(C(C)C)c2cc(C)c(-c3c(C)cc4c(C(C)C)c(O)c(O)c(C=O)c4c3O)c(O)c12.CC1=NN(c2ccc(Cl)cc2)C(=O)C1.Cc1cc2c(C(C)C)c(O)c(O)c(C=O)c2c(O)c1-c1c(C)cc2c(C(C)C)c(O)c(O)c(C=O)c2c1O. The molecule has 10 aromatic rings. The number of carboxylic acids is 1. The van der Waals surface area contributed by atoms with Gasteiger partial charge in [0.15, 0.2) is 64.9 Å². The second-order valence-corrected chi connectivity index (χ2v) is 28.4. The molecule has 25 heteroatoms. The highest BCUT2D eigenvalue weighted by Crippen LogP contribution is 2.58. The van der Waals surface area contributed by atoms with Crippen molar-refractivity contribution < 1.29 is 95.2 Å². The average Bonchev–Trinajstić information content (AvgIpc) is 0.870. The summed E-state index contributed by atoms with van der Waals surface area (Å²) >= 11 is 11.8. The van der Waals surface area contributed by atoms with Crippen molar-refractivity contribution in [2.24, 2.45) is 10.2 Å². The zero-order chi connectivity index (χ0) is 79.5. The number of carbonyl (C=O) groups excluding carboxylic acids is 5. The third-order valence-electron chi connectivity index (χ3n) is 18.7. The van der Waals surface area contributed by atoms with Crippen molar-refractivity contribution in [1.29, 1.82) is 0 Å². The largest absolute Gasteiger partial charge is 0.507 e. The number of nitrogens with zero attached hydrogens (tertiary/aromatic N) is 4. The standard InChI is InChI=1S/C40H37ClN2O8.C30H30O8.C10H9ClN2O.C2H4O2/c1-16(2)28-24-12-18(5)30(31-19(6)13-25-29(17(3)4)39(50)35(46)27(15-44)33(25)37(31)48)36(47)32(24)26(34(45)38(28)49)14-23-20(7)42-43(40(23)51)22-10-8-21(41)9-11-22;1-11(2)19-15-7-13(5)21(27(35)23(15)17(9-31)25(33)29(19)37)22-14(6)8-16-20(12(3)4)30(38)26(34)18(10-32)24(16)28(22)36;1-7-6-10(14)13(12-7)9-4-2-8(11)3-5-9;1-2(3)4/h8-17,45-50H,1-7H3;7-12,33-38H,1-6H3;2-5H,6H2,1H3;1H3,(H,3,4)/b23-14-;;;. The summed E-state index contributed by atoms with van der Waals surface area (Å²) in [6, 6.07) is 20.3. The number of anilines is 2. The van der Waals surface area contributed by atoms with Gasteiger partial charge in [0, 0.05) is 94.3 Å². The van der Waals surface area contributed by atoms with Crippen molar-refractivity contribution in [3.63, 3.8) is 0 Å². The molecule has 0 fully saturated rings. The smallest absolute Gasteiger partial charge is 0.300 e. The minimum Gasteiger partial charge on any atom is -0.507 e. The quantitative estimate of drug-likeness (QED) is 0.0307. The molecule has 2 heterocycles. The van der Waals surface area contributed by atoms with Crippen molar-refractivity contribution in [3.05, 3.63) is 155 Å². The number of rotatable bonds is 12. The number of hydrazone groups is 2. The molecule has 23 nitrogen and oxygen atoms in total. The first-order chi connectivity index (χ1) is 50.2. The molecule has 0 unspecified atom stereocenters. The number of aromatic hydroxyl groups is 12. The fraction of sp³-hybridized carbons (Fsp3) is 0.244. The Morgan fingerprint density at radius 2 is 0.673 bits per heavy atom. The molecule has 10 aromatic carbocycles. The molecule has 556 valence electrons. The molecule has 12 rings (SSSR count). The summed E-state index contributed by atoms with van der Waals surface area (Å²) in [7, 11) is 0. The number of benzene rings is 10. The van der Waals surface area contributed by atoms with Crippen molar-refractivity contribution >= 4 is 132 Å². The third-order valence-corrected chi connectivity index (χ3v) is 19.2. The zero-order valence-corrected chi connectivity index (χ0v) is 62.6. The molecule has 2 amide bonds. The molecule has 0 aliphatic carbocycles. The van der Waals surface area contributed by atoms with Gasteiger partial charge in [0.1, 0.15) is 23.0 Å². The Labute approximate surface area is 624 Å². The highest BCUT2D eigenvalue weighted by Gasteiger charge is 2.35. The van der Waals surface area contributed by atoms with E-state index in [1.54, 1.807) is 149 Å². The third kappa shape index (κ3) is 14.0. The van der Waals surface area contributed by atoms with Crippen LogP contribution in [0.5, 0.6) is 69.0 Å². The first kappa shape index (κ1) is 79.0. The van der Waals surface area contributed by atoms with Crippen LogP contribution >= 0.6 is 23.2 Å². The van der Waals surface area contributed by atoms with E-state index in [1.165, 1.54) is 16.1 Å². The normalized spacial score (nSPS) is 13.2. The van der Waals surface area contributed by atoms with Crippen LogP contribution < -0.4 is 10.0 Å². The molecule has 0 radical (unpaired) electrons. The van der Waals surface area contributed by atoms with Gasteiger partial charge in [-0.3, -0.25) is 28.8 Å². The van der Waals surface area contributed by atoms with Crippen molar-refractivity contribution in [2.45, 2.75) is 134 Å². The number of phenols is 12. The van der Waals surface area contributed by atoms with Crippen LogP contribution in [0.2, 0.25) is 10.0 Å². The fourth-order valence-electron chi connectivity index (χ4n) is 14.2. The molecule has 0 spiro atoms. The molecular weight excluding hydrogens is 1420 g/mol. The fourth-order valence-corrected chi connectivity index (χ4v) is 14.4. The number of fused-ring (bicyclic) bond motifs is 4. The lowest BCUT2D eigenvalue weighted by Gasteiger charge is -2.23. The van der Waals surface area contributed by atoms with Crippen LogP contribution in [-0.2, 0) is 14.4 Å². The highest BCUT2D eigenvalue weighted by molar-refractivity contribution is 6.34. The molecule has 2 aliphatic heterocycles. The number of carboxylic acid groups (broad SMARTS) is 1. The lowest BCUT2D eigenvalue weighted by atomic mass is 9.83. The van der Waals surface area contributed by atoms with Gasteiger partial charge < -0.3 is 66.4 Å². The molecule has 0 bridgehead atoms. The van der Waals surface area contributed by atoms with E-state index >= 15 is 0 Å². The van der Waals surface area contributed by atoms with Crippen LogP contribution in [0.3, 0.4) is 0 Å². The van der Waals surface area contributed by atoms with Crippen LogP contribution in [-0.4, -0.2) is 114 Å². The second-order valence-electron chi connectivity index (χ2n) is 27.5. The molecule has 13 N–H and O–H groups in total. The van der Waals surface area contributed by atoms with E-state index in [0.717, 1.165) is 18.3 Å². The summed E-state index contributed by atoms with van der Waals surface area (Å²) in [5.74, 6) is -8.45. The number of hydrogen-bond donors (Lipinski definition) is 13. The minimum atomic E-state index is -0.833. The number of halogens is 2. The highest BCUT2D eigenvalue weighted by atomic mass is 35.5. The van der Waals surface area contributed by atoms with E-state index in [4.69, 9.17) is 33.1 Å². The van der Waals surface area contributed by atoms with Gasteiger partial charge in [0.25, 0.3) is 17.8 Å². The van der Waals surface area contributed by atoms with Gasteiger partial charge in [-0.1, -0.05) is 103 Å². The van der Waals surface area contributed by atoms with Crippen LogP contribution in [0, 0.1) is 27.7 Å². The first-order valence-corrected chi connectivity index (χ1v) is 34.5. The summed E-state index contributed by atoms with van der Waals surface area (Å²) < 4.78 is 0. The van der Waals surface area contributed by atoms with E-state index in [2.05, 4.69) is 10.2 Å². The zero-order valence-electron chi connectivity index (χ0n) is 61.1. The number of aliphatic carboxylic acids is 1. The molecular formula is C82H80Cl2N4O19. The molecule has 107 heavy (non-hydrogen) atoms. The van der Waals surface area contributed by atoms with Gasteiger partial charge in [-0.15, -0.1) is 0 Å². The number of aldehydes is 3. The Bertz CT molecular complexity index is 5410. The predicted octanol–water partition coefficient (Wildman–Crippen LogP) is 18.0.